The summed E-state index contributed by atoms with van der Waals surface area (Å²) in [5.41, 5.74) is 0.181. The van der Waals surface area contributed by atoms with E-state index in [0.29, 0.717) is 10.2 Å². The Balaban J connectivity index is 2.15. The zero-order valence-corrected chi connectivity index (χ0v) is 11.7. The molecule has 0 spiro atoms. The van der Waals surface area contributed by atoms with Crippen molar-refractivity contribution in [1.29, 1.82) is 0 Å². The maximum atomic E-state index is 13.4. The minimum atomic E-state index is -1.06. The molecule has 2 aromatic rings. The van der Waals surface area contributed by atoms with Crippen LogP contribution in [-0.4, -0.2) is 11.1 Å². The molecule has 0 amide bonds. The van der Waals surface area contributed by atoms with E-state index in [1.165, 1.54) is 18.2 Å². The maximum absolute atomic E-state index is 13.4. The van der Waals surface area contributed by atoms with E-state index in [4.69, 9.17) is 9.84 Å². The Morgan fingerprint density at radius 3 is 2.60 bits per heavy atom. The maximum Gasteiger partial charge on any atom is 0.335 e. The van der Waals surface area contributed by atoms with E-state index in [0.717, 1.165) is 18.2 Å². The van der Waals surface area contributed by atoms with Gasteiger partial charge in [0.15, 0.2) is 0 Å². The monoisotopic (exact) mass is 342 g/mol. The normalized spacial score (nSPS) is 10.3. The van der Waals surface area contributed by atoms with Gasteiger partial charge in [-0.2, -0.15) is 0 Å². The van der Waals surface area contributed by atoms with E-state index in [9.17, 15) is 13.6 Å². The summed E-state index contributed by atoms with van der Waals surface area (Å²) in [6.45, 7) is -0.158. The van der Waals surface area contributed by atoms with Crippen LogP contribution in [0.15, 0.2) is 40.9 Å². The third-order valence-electron chi connectivity index (χ3n) is 2.57. The Hall–Kier alpha value is -1.95. The topological polar surface area (TPSA) is 46.5 Å². The number of rotatable bonds is 4. The molecule has 0 aliphatic heterocycles. The Morgan fingerprint density at radius 1 is 1.20 bits per heavy atom. The Morgan fingerprint density at radius 2 is 1.95 bits per heavy atom. The van der Waals surface area contributed by atoms with Gasteiger partial charge in [-0.05, 0) is 52.3 Å². The second-order valence-electron chi connectivity index (χ2n) is 3.97. The average molecular weight is 343 g/mol. The van der Waals surface area contributed by atoms with Crippen molar-refractivity contribution in [2.24, 2.45) is 0 Å². The van der Waals surface area contributed by atoms with Crippen LogP contribution in [0.4, 0.5) is 8.78 Å². The van der Waals surface area contributed by atoms with Gasteiger partial charge < -0.3 is 9.84 Å². The summed E-state index contributed by atoms with van der Waals surface area (Å²) in [6.07, 6.45) is 0. The smallest absolute Gasteiger partial charge is 0.335 e. The summed E-state index contributed by atoms with van der Waals surface area (Å²) in [4.78, 5) is 10.8. The molecule has 104 valence electrons. The number of aromatic carboxylic acids is 1. The van der Waals surface area contributed by atoms with Crippen LogP contribution in [0.3, 0.4) is 0 Å². The van der Waals surface area contributed by atoms with Crippen molar-refractivity contribution in [3.8, 4) is 5.75 Å². The molecule has 3 nitrogen and oxygen atoms in total. The fourth-order valence-corrected chi connectivity index (χ4v) is 2.05. The number of hydrogen-bond acceptors (Lipinski definition) is 2. The van der Waals surface area contributed by atoms with Gasteiger partial charge in [0.1, 0.15) is 24.0 Å². The van der Waals surface area contributed by atoms with Crippen LogP contribution < -0.4 is 4.74 Å². The minimum Gasteiger partial charge on any atom is -0.488 e. The van der Waals surface area contributed by atoms with Crippen molar-refractivity contribution in [3.05, 3.63) is 63.6 Å². The second-order valence-corrected chi connectivity index (χ2v) is 4.83. The lowest BCUT2D eigenvalue weighted by Crippen LogP contribution is -2.01. The molecule has 0 aromatic heterocycles. The molecule has 20 heavy (non-hydrogen) atoms. The van der Waals surface area contributed by atoms with Gasteiger partial charge in [-0.25, -0.2) is 13.6 Å². The molecule has 0 aliphatic carbocycles. The summed E-state index contributed by atoms with van der Waals surface area (Å²) in [5, 5.41) is 8.82. The molecule has 0 bridgehead atoms. The van der Waals surface area contributed by atoms with Crippen molar-refractivity contribution in [2.45, 2.75) is 6.61 Å². The van der Waals surface area contributed by atoms with E-state index in [1.807, 2.05) is 0 Å². The standard InChI is InChI=1S/C14H9BrF2O3/c15-11-6-8(14(18)19)1-4-13(11)20-7-9-5-10(16)2-3-12(9)17/h1-6H,7H2,(H,18,19). The SMILES string of the molecule is O=C(O)c1ccc(OCc2cc(F)ccc2F)c(Br)c1. The van der Waals surface area contributed by atoms with Crippen LogP contribution >= 0.6 is 15.9 Å². The Bertz CT molecular complexity index is 659. The quantitative estimate of drug-likeness (QED) is 0.913. The van der Waals surface area contributed by atoms with Gasteiger partial charge in [0, 0.05) is 5.56 Å². The summed E-state index contributed by atoms with van der Waals surface area (Å²) in [7, 11) is 0. The van der Waals surface area contributed by atoms with Gasteiger partial charge in [0.05, 0.1) is 10.0 Å². The van der Waals surface area contributed by atoms with E-state index in [1.54, 1.807) is 0 Å². The molecule has 0 aliphatic rings. The number of carboxylic acid groups (broad SMARTS) is 1. The molecular formula is C14H9BrF2O3. The molecular weight excluding hydrogens is 334 g/mol. The lowest BCUT2D eigenvalue weighted by atomic mass is 10.2. The van der Waals surface area contributed by atoms with Gasteiger partial charge in [-0.1, -0.05) is 0 Å². The van der Waals surface area contributed by atoms with Gasteiger partial charge in [-0.15, -0.1) is 0 Å². The van der Waals surface area contributed by atoms with Crippen molar-refractivity contribution in [3.63, 3.8) is 0 Å². The first-order valence-corrected chi connectivity index (χ1v) is 6.36. The van der Waals surface area contributed by atoms with Crippen LogP contribution in [-0.2, 0) is 6.61 Å². The Kier molecular flexibility index (Phi) is 4.34. The molecule has 6 heteroatoms. The third-order valence-corrected chi connectivity index (χ3v) is 3.19. The predicted molar refractivity (Wildman–Crippen MR) is 71.8 cm³/mol. The summed E-state index contributed by atoms with van der Waals surface area (Å²) in [5.74, 6) is -1.83. The molecule has 0 heterocycles. The first-order chi connectivity index (χ1) is 9.47. The van der Waals surface area contributed by atoms with E-state index in [2.05, 4.69) is 15.9 Å². The van der Waals surface area contributed by atoms with Crippen molar-refractivity contribution < 1.29 is 23.4 Å². The highest BCUT2D eigenvalue weighted by atomic mass is 79.9. The van der Waals surface area contributed by atoms with Crippen LogP contribution in [0.5, 0.6) is 5.75 Å². The number of halogens is 3. The van der Waals surface area contributed by atoms with E-state index < -0.39 is 17.6 Å². The summed E-state index contributed by atoms with van der Waals surface area (Å²) >= 11 is 3.17. The van der Waals surface area contributed by atoms with Gasteiger partial charge in [0.25, 0.3) is 0 Å². The van der Waals surface area contributed by atoms with Gasteiger partial charge in [0.2, 0.25) is 0 Å². The molecule has 0 unspecified atom stereocenters. The lowest BCUT2D eigenvalue weighted by Gasteiger charge is -2.09. The number of carboxylic acids is 1. The Labute approximate surface area is 121 Å². The van der Waals surface area contributed by atoms with Gasteiger partial charge in [-0.3, -0.25) is 0 Å². The van der Waals surface area contributed by atoms with Crippen molar-refractivity contribution in [2.75, 3.05) is 0 Å². The zero-order chi connectivity index (χ0) is 14.7. The molecule has 2 aromatic carbocycles. The largest absolute Gasteiger partial charge is 0.488 e. The molecule has 0 fully saturated rings. The van der Waals surface area contributed by atoms with E-state index >= 15 is 0 Å². The summed E-state index contributed by atoms with van der Waals surface area (Å²) < 4.78 is 32.2. The molecule has 0 saturated heterocycles. The zero-order valence-electron chi connectivity index (χ0n) is 10.1. The van der Waals surface area contributed by atoms with Crippen LogP contribution in [0, 0.1) is 11.6 Å². The number of hydrogen-bond donors (Lipinski definition) is 1. The van der Waals surface area contributed by atoms with Gasteiger partial charge >= 0.3 is 5.97 Å². The number of carbonyl (C=O) groups is 1. The third kappa shape index (κ3) is 3.33. The minimum absolute atomic E-state index is 0.0826. The first kappa shape index (κ1) is 14.5. The predicted octanol–water partition coefficient (Wildman–Crippen LogP) is 4.00. The van der Waals surface area contributed by atoms with Crippen molar-refractivity contribution >= 4 is 21.9 Å². The van der Waals surface area contributed by atoms with Crippen LogP contribution in [0.1, 0.15) is 15.9 Å². The second kappa shape index (κ2) is 6.00. The first-order valence-electron chi connectivity index (χ1n) is 5.57. The fourth-order valence-electron chi connectivity index (χ4n) is 1.56. The highest BCUT2D eigenvalue weighted by molar-refractivity contribution is 9.10. The average Bonchev–Trinajstić information content (AvgIpc) is 2.40. The molecule has 1 N–H and O–H groups in total. The van der Waals surface area contributed by atoms with Crippen LogP contribution in [0.25, 0.3) is 0 Å². The van der Waals surface area contributed by atoms with Crippen molar-refractivity contribution in [1.82, 2.24) is 0 Å². The molecule has 0 saturated carbocycles. The number of ether oxygens (including phenoxy) is 1. The molecule has 2 rings (SSSR count). The fraction of sp³-hybridized carbons (Fsp3) is 0.0714. The van der Waals surface area contributed by atoms with Crippen LogP contribution in [0.2, 0.25) is 0 Å². The highest BCUT2D eigenvalue weighted by Crippen LogP contribution is 2.27. The molecule has 0 atom stereocenters. The molecule has 0 radical (unpaired) electrons. The lowest BCUT2D eigenvalue weighted by molar-refractivity contribution is 0.0696. The summed E-state index contributed by atoms with van der Waals surface area (Å²) in [6, 6.07) is 7.29. The number of benzene rings is 2. The van der Waals surface area contributed by atoms with E-state index in [-0.39, 0.29) is 17.7 Å². The highest BCUT2D eigenvalue weighted by Gasteiger charge is 2.09.